The summed E-state index contributed by atoms with van der Waals surface area (Å²) in [6.45, 7) is 17.7. The lowest BCUT2D eigenvalue weighted by molar-refractivity contribution is -0.274. The summed E-state index contributed by atoms with van der Waals surface area (Å²) in [4.78, 5) is 12.5. The Balaban J connectivity index is 1.73. The van der Waals surface area contributed by atoms with Gasteiger partial charge in [0, 0.05) is 40.2 Å². The number of esters is 1. The summed E-state index contributed by atoms with van der Waals surface area (Å²) in [6, 6.07) is 8.15. The first-order chi connectivity index (χ1) is 16.0. The van der Waals surface area contributed by atoms with Crippen molar-refractivity contribution in [2.75, 3.05) is 6.61 Å². The number of hydrogen-bond acceptors (Lipinski definition) is 6. The summed E-state index contributed by atoms with van der Waals surface area (Å²) < 4.78 is 24.6. The SMILES string of the molecule is CCOC(=O)C(C)(C)OC1(O)C=C2C(=CC1(C)C)OC1(CC2(C)C)CC(C)(C)c2ccccc2O1. The van der Waals surface area contributed by atoms with E-state index in [2.05, 4.69) is 33.8 Å². The molecule has 1 saturated heterocycles. The van der Waals surface area contributed by atoms with Crippen LogP contribution in [-0.4, -0.2) is 34.9 Å². The number of allylic oxidation sites excluding steroid dienone is 1. The zero-order valence-corrected chi connectivity index (χ0v) is 22.6. The fourth-order valence-corrected chi connectivity index (χ4v) is 5.75. The Morgan fingerprint density at radius 3 is 2.29 bits per heavy atom. The van der Waals surface area contributed by atoms with Crippen LogP contribution in [0.1, 0.15) is 80.7 Å². The standard InChI is InChI=1S/C29H40O6/c1-10-32-23(30)27(8,9)35-29(31)15-20-22(16-26(29,6)7)34-28(18-25(20,4)5)17-24(2,3)19-13-11-12-14-21(19)33-28/h11-16,31H,10,17-18H2,1-9H3. The second-order valence-electron chi connectivity index (χ2n) is 12.5. The lowest BCUT2D eigenvalue weighted by atomic mass is 9.65. The molecule has 0 amide bonds. The van der Waals surface area contributed by atoms with Crippen LogP contribution in [0.3, 0.4) is 0 Å². The lowest BCUT2D eigenvalue weighted by Crippen LogP contribution is -2.57. The summed E-state index contributed by atoms with van der Waals surface area (Å²) in [7, 11) is 0. The van der Waals surface area contributed by atoms with Crippen LogP contribution in [0.5, 0.6) is 5.75 Å². The predicted octanol–water partition coefficient (Wildman–Crippen LogP) is 5.79. The van der Waals surface area contributed by atoms with Gasteiger partial charge in [-0.1, -0.05) is 59.7 Å². The Kier molecular flexibility index (Phi) is 5.78. The maximum absolute atomic E-state index is 12.5. The molecule has 0 bridgehead atoms. The van der Waals surface area contributed by atoms with E-state index in [1.807, 2.05) is 38.1 Å². The van der Waals surface area contributed by atoms with Crippen LogP contribution in [0.2, 0.25) is 0 Å². The topological polar surface area (TPSA) is 74.2 Å². The highest BCUT2D eigenvalue weighted by atomic mass is 16.7. The van der Waals surface area contributed by atoms with Gasteiger partial charge in [-0.05, 0) is 39.0 Å². The van der Waals surface area contributed by atoms with Gasteiger partial charge in [0.1, 0.15) is 11.5 Å². The fraction of sp³-hybridized carbons (Fsp3) is 0.621. The average molecular weight is 485 g/mol. The zero-order valence-electron chi connectivity index (χ0n) is 22.6. The largest absolute Gasteiger partial charge is 0.464 e. The van der Waals surface area contributed by atoms with Crippen molar-refractivity contribution in [3.8, 4) is 5.75 Å². The minimum Gasteiger partial charge on any atom is -0.464 e. The van der Waals surface area contributed by atoms with E-state index >= 15 is 0 Å². The molecule has 0 saturated carbocycles. The lowest BCUT2D eigenvalue weighted by Gasteiger charge is -2.55. The van der Waals surface area contributed by atoms with Gasteiger partial charge in [-0.25, -0.2) is 4.79 Å². The number of para-hydroxylation sites is 1. The van der Waals surface area contributed by atoms with Gasteiger partial charge in [-0.3, -0.25) is 0 Å². The molecule has 1 aromatic rings. The molecule has 2 heterocycles. The van der Waals surface area contributed by atoms with E-state index in [0.29, 0.717) is 18.6 Å². The molecule has 1 aromatic carbocycles. The highest BCUT2D eigenvalue weighted by molar-refractivity contribution is 5.78. The summed E-state index contributed by atoms with van der Waals surface area (Å²) >= 11 is 0. The molecule has 2 atom stereocenters. The molecule has 4 rings (SSSR count). The maximum Gasteiger partial charge on any atom is 0.337 e. The Labute approximate surface area is 209 Å². The van der Waals surface area contributed by atoms with E-state index in [-0.39, 0.29) is 12.0 Å². The molecule has 6 nitrogen and oxygen atoms in total. The number of carbonyl (C=O) groups excluding carboxylic acids is 1. The molecule has 35 heavy (non-hydrogen) atoms. The smallest absolute Gasteiger partial charge is 0.337 e. The van der Waals surface area contributed by atoms with Crippen LogP contribution >= 0.6 is 0 Å². The van der Waals surface area contributed by atoms with Gasteiger partial charge in [0.25, 0.3) is 5.79 Å². The number of rotatable bonds is 4. The molecule has 6 heteroatoms. The van der Waals surface area contributed by atoms with E-state index in [4.69, 9.17) is 18.9 Å². The van der Waals surface area contributed by atoms with E-state index in [0.717, 1.165) is 11.3 Å². The highest BCUT2D eigenvalue weighted by Gasteiger charge is 2.58. The third kappa shape index (κ3) is 4.29. The van der Waals surface area contributed by atoms with E-state index in [1.165, 1.54) is 5.56 Å². The molecule has 0 radical (unpaired) electrons. The van der Waals surface area contributed by atoms with E-state index in [1.54, 1.807) is 26.8 Å². The van der Waals surface area contributed by atoms with Crippen molar-refractivity contribution in [2.45, 2.75) is 97.7 Å². The number of hydrogen-bond donors (Lipinski definition) is 1. The first kappa shape index (κ1) is 25.8. The Bertz CT molecular complexity index is 1090. The third-order valence-corrected chi connectivity index (χ3v) is 7.56. The predicted molar refractivity (Wildman–Crippen MR) is 134 cm³/mol. The van der Waals surface area contributed by atoms with Crippen molar-refractivity contribution in [2.24, 2.45) is 10.8 Å². The summed E-state index contributed by atoms with van der Waals surface area (Å²) in [6.07, 6.45) is 4.92. The fourth-order valence-electron chi connectivity index (χ4n) is 5.75. The Morgan fingerprint density at radius 1 is 1.00 bits per heavy atom. The third-order valence-electron chi connectivity index (χ3n) is 7.56. The van der Waals surface area contributed by atoms with Crippen molar-refractivity contribution < 1.29 is 28.8 Å². The summed E-state index contributed by atoms with van der Waals surface area (Å²) in [5.74, 6) is -1.57. The van der Waals surface area contributed by atoms with Gasteiger partial charge in [0.05, 0.1) is 6.61 Å². The quantitative estimate of drug-likeness (QED) is 0.431. The second kappa shape index (κ2) is 7.84. The molecule has 1 N–H and O–H groups in total. The zero-order chi connectivity index (χ0) is 26.1. The van der Waals surface area contributed by atoms with E-state index < -0.39 is 34.0 Å². The number of benzene rings is 1. The molecule has 192 valence electrons. The number of carbonyl (C=O) groups is 1. The summed E-state index contributed by atoms with van der Waals surface area (Å²) in [5, 5.41) is 11.8. The van der Waals surface area contributed by atoms with Gasteiger partial charge in [-0.2, -0.15) is 0 Å². The minimum absolute atomic E-state index is 0.135. The van der Waals surface area contributed by atoms with Crippen molar-refractivity contribution in [1.82, 2.24) is 0 Å². The summed E-state index contributed by atoms with van der Waals surface area (Å²) in [5.41, 5.74) is -0.753. The van der Waals surface area contributed by atoms with Crippen LogP contribution in [0.15, 0.2) is 47.7 Å². The van der Waals surface area contributed by atoms with Crippen molar-refractivity contribution in [1.29, 1.82) is 0 Å². The van der Waals surface area contributed by atoms with Crippen molar-refractivity contribution in [3.05, 3.63) is 53.3 Å². The molecule has 1 aliphatic carbocycles. The van der Waals surface area contributed by atoms with Gasteiger partial charge in [0.2, 0.25) is 0 Å². The van der Waals surface area contributed by atoms with Crippen molar-refractivity contribution in [3.63, 3.8) is 0 Å². The van der Waals surface area contributed by atoms with Crippen LogP contribution in [0.25, 0.3) is 0 Å². The van der Waals surface area contributed by atoms with Crippen LogP contribution in [0, 0.1) is 10.8 Å². The molecular weight excluding hydrogens is 444 g/mol. The molecular formula is C29H40O6. The van der Waals surface area contributed by atoms with Crippen LogP contribution in [-0.2, 0) is 24.4 Å². The second-order valence-corrected chi connectivity index (χ2v) is 12.5. The van der Waals surface area contributed by atoms with Gasteiger partial charge < -0.3 is 24.1 Å². The molecule has 0 aromatic heterocycles. The first-order valence-electron chi connectivity index (χ1n) is 12.5. The number of ether oxygens (including phenoxy) is 4. The molecule has 1 spiro atoms. The highest BCUT2D eigenvalue weighted by Crippen LogP contribution is 2.58. The monoisotopic (exact) mass is 484 g/mol. The average Bonchev–Trinajstić information content (AvgIpc) is 2.68. The van der Waals surface area contributed by atoms with E-state index in [9.17, 15) is 9.90 Å². The molecule has 3 aliphatic rings. The molecule has 2 unspecified atom stereocenters. The maximum atomic E-state index is 12.5. The minimum atomic E-state index is -1.74. The number of aliphatic hydroxyl groups is 1. The van der Waals surface area contributed by atoms with Gasteiger partial charge >= 0.3 is 5.97 Å². The van der Waals surface area contributed by atoms with Crippen LogP contribution < -0.4 is 4.74 Å². The Morgan fingerprint density at radius 2 is 1.63 bits per heavy atom. The van der Waals surface area contributed by atoms with Crippen LogP contribution in [0.4, 0.5) is 0 Å². The molecule has 2 aliphatic heterocycles. The first-order valence-corrected chi connectivity index (χ1v) is 12.5. The number of fused-ring (bicyclic) bond motifs is 2. The van der Waals surface area contributed by atoms with Crippen molar-refractivity contribution >= 4 is 5.97 Å². The molecule has 1 fully saturated rings. The van der Waals surface area contributed by atoms with Gasteiger partial charge in [-0.15, -0.1) is 0 Å². The Hall–Kier alpha value is -2.31. The normalized spacial score (nSPS) is 30.1. The van der Waals surface area contributed by atoms with Gasteiger partial charge in [0.15, 0.2) is 11.4 Å².